The molecule has 0 aromatic carbocycles. The van der Waals surface area contributed by atoms with Gasteiger partial charge in [-0.05, 0) is 7.05 Å². The van der Waals surface area contributed by atoms with Gasteiger partial charge in [0.05, 0.1) is 0 Å². The third-order valence-electron chi connectivity index (χ3n) is 4.70. The third-order valence-corrected chi connectivity index (χ3v) is 4.70. The maximum absolute atomic E-state index is 10.6. The fourth-order valence-electron chi connectivity index (χ4n) is 3.31. The second-order valence-electron chi connectivity index (χ2n) is 6.66. The second kappa shape index (κ2) is 8.28. The van der Waals surface area contributed by atoms with E-state index in [0.29, 0.717) is 43.0 Å². The fraction of sp³-hybridized carbons (Fsp3) is 0.588. The zero-order chi connectivity index (χ0) is 19.6. The molecule has 0 amide bonds. The van der Waals surface area contributed by atoms with Gasteiger partial charge in [0.25, 0.3) is 0 Å². The van der Waals surface area contributed by atoms with E-state index in [4.69, 9.17) is 16.2 Å². The topological polar surface area (TPSA) is 149 Å². The van der Waals surface area contributed by atoms with E-state index in [2.05, 4.69) is 15.0 Å². The summed E-state index contributed by atoms with van der Waals surface area (Å²) in [6, 6.07) is 0. The van der Waals surface area contributed by atoms with Gasteiger partial charge in [-0.2, -0.15) is 0 Å². The van der Waals surface area contributed by atoms with Crippen molar-refractivity contribution in [3.8, 4) is 0 Å². The number of aromatic nitrogens is 4. The van der Waals surface area contributed by atoms with Crippen LogP contribution in [-0.4, -0.2) is 79.6 Å². The molecule has 1 saturated heterocycles. The summed E-state index contributed by atoms with van der Waals surface area (Å²) < 4.78 is 7.73. The van der Waals surface area contributed by atoms with Crippen molar-refractivity contribution in [3.63, 3.8) is 0 Å². The monoisotopic (exact) mass is 377 g/mol. The number of ether oxygens (including phenoxy) is 1. The Morgan fingerprint density at radius 1 is 1.30 bits per heavy atom. The summed E-state index contributed by atoms with van der Waals surface area (Å²) in [6.45, 7) is 3.54. The van der Waals surface area contributed by atoms with Gasteiger partial charge >= 0.3 is 0 Å². The highest BCUT2D eigenvalue weighted by molar-refractivity contribution is 5.81. The molecule has 0 saturated carbocycles. The number of anilines is 1. The molecular formula is C17H27N7O3. The first-order chi connectivity index (χ1) is 13.0. The van der Waals surface area contributed by atoms with Gasteiger partial charge in [-0.15, -0.1) is 0 Å². The van der Waals surface area contributed by atoms with Crippen molar-refractivity contribution in [2.24, 2.45) is 5.73 Å². The normalized spacial score (nSPS) is 26.0. The zero-order valence-electron chi connectivity index (χ0n) is 15.6. The number of likely N-dealkylation sites (N-methyl/N-ethyl adjacent to an activating group) is 1. The maximum atomic E-state index is 10.6. The first-order valence-electron chi connectivity index (χ1n) is 9.00. The summed E-state index contributed by atoms with van der Waals surface area (Å²) in [5.41, 5.74) is 12.3. The number of rotatable bonds is 7. The number of fused-ring (bicyclic) bond motifs is 1. The molecular weight excluding hydrogens is 350 g/mol. The molecule has 0 aliphatic carbocycles. The van der Waals surface area contributed by atoms with Crippen LogP contribution in [0.15, 0.2) is 18.5 Å². The lowest BCUT2D eigenvalue weighted by Crippen LogP contribution is -2.38. The van der Waals surface area contributed by atoms with Crippen LogP contribution < -0.4 is 11.5 Å². The molecule has 148 valence electrons. The molecule has 0 unspecified atom stereocenters. The summed E-state index contributed by atoms with van der Waals surface area (Å²) in [6.07, 6.45) is 2.27. The lowest BCUT2D eigenvalue weighted by molar-refractivity contribution is -0.0427. The lowest BCUT2D eigenvalue weighted by Gasteiger charge is -2.21. The van der Waals surface area contributed by atoms with E-state index in [1.165, 1.54) is 6.33 Å². The van der Waals surface area contributed by atoms with Crippen molar-refractivity contribution < 1.29 is 14.9 Å². The average molecular weight is 377 g/mol. The van der Waals surface area contributed by atoms with Crippen molar-refractivity contribution in [1.29, 1.82) is 0 Å². The molecule has 4 atom stereocenters. The predicted molar refractivity (Wildman–Crippen MR) is 101 cm³/mol. The van der Waals surface area contributed by atoms with Crippen molar-refractivity contribution in [3.05, 3.63) is 24.3 Å². The molecule has 0 spiro atoms. The summed E-state index contributed by atoms with van der Waals surface area (Å²) in [7, 11) is 1.91. The summed E-state index contributed by atoms with van der Waals surface area (Å²) in [5, 5.41) is 21.1. The van der Waals surface area contributed by atoms with Gasteiger partial charge in [-0.1, -0.05) is 19.1 Å². The van der Waals surface area contributed by atoms with Crippen LogP contribution in [0.2, 0.25) is 0 Å². The quantitative estimate of drug-likeness (QED) is 0.447. The third kappa shape index (κ3) is 3.80. The molecule has 3 rings (SSSR count). The minimum Gasteiger partial charge on any atom is -0.387 e. The second-order valence-corrected chi connectivity index (χ2v) is 6.66. The summed E-state index contributed by atoms with van der Waals surface area (Å²) >= 11 is 0. The number of nitrogen functional groups attached to an aromatic ring is 1. The van der Waals surface area contributed by atoms with Crippen LogP contribution in [0.25, 0.3) is 11.2 Å². The zero-order valence-corrected chi connectivity index (χ0v) is 15.6. The van der Waals surface area contributed by atoms with E-state index in [1.54, 1.807) is 4.57 Å². The summed E-state index contributed by atoms with van der Waals surface area (Å²) in [5.74, 6) is 0.929. The lowest BCUT2D eigenvalue weighted by atomic mass is 10.1. The Kier molecular flexibility index (Phi) is 6.02. The Labute approximate surface area is 157 Å². The number of nitrogens with two attached hydrogens (primary N) is 2. The van der Waals surface area contributed by atoms with Crippen molar-refractivity contribution in [2.45, 2.75) is 37.9 Å². The standard InChI is InChI=1S/C17H27N7O3/c1-3-11-22-12-15(19)20-9-21-16(12)24(11)17-14(26)13(25)10(27-17)8-23(2)7-5-4-6-18/h4-5,9-10,13-14,17,25-26H,3,6-8,18H2,1-2H3,(H2,19,20,21)/t10-,13-,14-,17-/m1/s1. The number of aryl methyl sites for hydroxylation is 1. The Balaban J connectivity index is 1.85. The van der Waals surface area contributed by atoms with Gasteiger partial charge < -0.3 is 31.3 Å². The molecule has 0 radical (unpaired) electrons. The highest BCUT2D eigenvalue weighted by Gasteiger charge is 2.45. The highest BCUT2D eigenvalue weighted by atomic mass is 16.6. The van der Waals surface area contributed by atoms with Crippen LogP contribution in [0, 0.1) is 0 Å². The van der Waals surface area contributed by atoms with Crippen LogP contribution in [0.4, 0.5) is 5.82 Å². The van der Waals surface area contributed by atoms with E-state index in [9.17, 15) is 10.2 Å². The number of hydrogen-bond acceptors (Lipinski definition) is 9. The molecule has 1 aliphatic rings. The molecule has 10 heteroatoms. The minimum atomic E-state index is -1.11. The smallest absolute Gasteiger partial charge is 0.167 e. The SMILES string of the molecule is CCc1nc2c(N)ncnc2n1[C@@H]1O[C@H](CN(C)CC=CCN)[C@@H](O)[C@H]1O. The van der Waals surface area contributed by atoms with Crippen molar-refractivity contribution in [1.82, 2.24) is 24.4 Å². The number of aliphatic hydroxyl groups excluding tert-OH is 2. The van der Waals surface area contributed by atoms with Gasteiger partial charge in [0, 0.05) is 26.1 Å². The van der Waals surface area contributed by atoms with Crippen LogP contribution in [0.1, 0.15) is 19.0 Å². The summed E-state index contributed by atoms with van der Waals surface area (Å²) in [4.78, 5) is 14.7. The molecule has 1 aliphatic heterocycles. The van der Waals surface area contributed by atoms with Crippen LogP contribution >= 0.6 is 0 Å². The van der Waals surface area contributed by atoms with E-state index in [-0.39, 0.29) is 5.82 Å². The van der Waals surface area contributed by atoms with Crippen molar-refractivity contribution in [2.75, 3.05) is 32.4 Å². The molecule has 2 aromatic heterocycles. The number of aliphatic hydroxyl groups is 2. The van der Waals surface area contributed by atoms with Crippen LogP contribution in [0.3, 0.4) is 0 Å². The minimum absolute atomic E-state index is 0.268. The van der Waals surface area contributed by atoms with Gasteiger partial charge in [0.2, 0.25) is 0 Å². The average Bonchev–Trinajstić information content (AvgIpc) is 3.15. The molecule has 10 nitrogen and oxygen atoms in total. The molecule has 1 fully saturated rings. The maximum Gasteiger partial charge on any atom is 0.167 e. The van der Waals surface area contributed by atoms with Crippen LogP contribution in [0.5, 0.6) is 0 Å². The van der Waals surface area contributed by atoms with Crippen molar-refractivity contribution >= 4 is 17.0 Å². The largest absolute Gasteiger partial charge is 0.387 e. The highest BCUT2D eigenvalue weighted by Crippen LogP contribution is 2.33. The predicted octanol–water partition coefficient (Wildman–Crippen LogP) is -0.963. The fourth-order valence-corrected chi connectivity index (χ4v) is 3.31. The molecule has 0 bridgehead atoms. The van der Waals surface area contributed by atoms with Gasteiger partial charge in [-0.3, -0.25) is 4.57 Å². The van der Waals surface area contributed by atoms with Gasteiger partial charge in [-0.25, -0.2) is 15.0 Å². The first-order valence-corrected chi connectivity index (χ1v) is 9.00. The number of hydrogen-bond donors (Lipinski definition) is 4. The van der Waals surface area contributed by atoms with E-state index in [0.717, 1.165) is 0 Å². The van der Waals surface area contributed by atoms with Gasteiger partial charge in [0.15, 0.2) is 23.2 Å². The Morgan fingerprint density at radius 2 is 2.07 bits per heavy atom. The molecule has 3 heterocycles. The Morgan fingerprint density at radius 3 is 2.78 bits per heavy atom. The Bertz CT molecular complexity index is 809. The number of nitrogens with zero attached hydrogens (tertiary/aromatic N) is 5. The van der Waals surface area contributed by atoms with Gasteiger partial charge in [0.1, 0.15) is 30.5 Å². The molecule has 2 aromatic rings. The Hall–Kier alpha value is -2.11. The molecule has 6 N–H and O–H groups in total. The van der Waals surface area contributed by atoms with Crippen LogP contribution in [-0.2, 0) is 11.2 Å². The van der Waals surface area contributed by atoms with E-state index in [1.807, 2.05) is 31.0 Å². The molecule has 27 heavy (non-hydrogen) atoms. The van der Waals surface area contributed by atoms with E-state index >= 15 is 0 Å². The number of imidazole rings is 1. The first kappa shape index (κ1) is 19.6. The van der Waals surface area contributed by atoms with E-state index < -0.39 is 24.5 Å².